The number of halogens is 1. The number of benzene rings is 1. The lowest BCUT2D eigenvalue weighted by Gasteiger charge is -2.32. The second-order valence-electron chi connectivity index (χ2n) is 5.79. The van der Waals surface area contributed by atoms with Crippen LogP contribution in [0.2, 0.25) is 5.02 Å². The lowest BCUT2D eigenvalue weighted by atomic mass is 10.2. The van der Waals surface area contributed by atoms with Crippen molar-refractivity contribution >= 4 is 34.8 Å². The molecule has 2 heterocycles. The molecule has 1 aliphatic heterocycles. The molecule has 1 aliphatic rings. The van der Waals surface area contributed by atoms with Gasteiger partial charge in [0.1, 0.15) is 9.88 Å². The molecule has 1 aromatic heterocycles. The lowest BCUT2D eigenvalue weighted by Crippen LogP contribution is -2.46. The largest absolute Gasteiger partial charge is 0.481 e. The minimum Gasteiger partial charge on any atom is -0.481 e. The number of carboxylic acids is 1. The summed E-state index contributed by atoms with van der Waals surface area (Å²) in [5.41, 5.74) is 1.52. The predicted octanol–water partition coefficient (Wildman–Crippen LogP) is 3.09. The zero-order valence-corrected chi connectivity index (χ0v) is 15.1. The average molecular weight is 381 g/mol. The first-order valence-corrected chi connectivity index (χ1v) is 8.99. The number of rotatable bonds is 4. The van der Waals surface area contributed by atoms with E-state index in [9.17, 15) is 9.59 Å². The number of thiazole rings is 1. The molecule has 1 N–H and O–H groups in total. The quantitative estimate of drug-likeness (QED) is 0.881. The van der Waals surface area contributed by atoms with Crippen LogP contribution in [0.15, 0.2) is 24.3 Å². The number of amides is 1. The Hall–Kier alpha value is -1.96. The molecule has 1 amide bonds. The van der Waals surface area contributed by atoms with Crippen LogP contribution >= 0.6 is 22.9 Å². The predicted molar refractivity (Wildman–Crippen MR) is 95.2 cm³/mol. The Morgan fingerprint density at radius 1 is 1.48 bits per heavy atom. The van der Waals surface area contributed by atoms with Gasteiger partial charge in [-0.25, -0.2) is 4.98 Å². The van der Waals surface area contributed by atoms with Crippen LogP contribution in [0.4, 0.5) is 0 Å². The number of aliphatic carboxylic acids is 1. The maximum absolute atomic E-state index is 12.8. The lowest BCUT2D eigenvalue weighted by molar-refractivity contribution is -0.141. The topological polar surface area (TPSA) is 79.7 Å². The van der Waals surface area contributed by atoms with Crippen LogP contribution < -0.4 is 0 Å². The van der Waals surface area contributed by atoms with Crippen molar-refractivity contribution in [3.8, 4) is 10.6 Å². The highest BCUT2D eigenvalue weighted by molar-refractivity contribution is 7.17. The minimum absolute atomic E-state index is 0.112. The Bertz CT molecular complexity index is 808. The number of hydrogen-bond acceptors (Lipinski definition) is 5. The standard InChI is InChI=1S/C17H17ClN2O4S/c1-10-15(25-16(19-10)11-3-2-4-12(18)7-11)17(23)20-5-6-24-13(9-20)8-14(21)22/h2-4,7,13H,5-6,8-9H2,1H3,(H,21,22). The van der Waals surface area contributed by atoms with Crippen LogP contribution in [0.5, 0.6) is 0 Å². The smallest absolute Gasteiger partial charge is 0.306 e. The molecule has 0 radical (unpaired) electrons. The van der Waals surface area contributed by atoms with Crippen molar-refractivity contribution in [2.75, 3.05) is 19.7 Å². The molecule has 0 spiro atoms. The van der Waals surface area contributed by atoms with Crippen molar-refractivity contribution in [1.82, 2.24) is 9.88 Å². The molecule has 3 rings (SSSR count). The first-order chi connectivity index (χ1) is 11.9. The zero-order valence-electron chi connectivity index (χ0n) is 13.6. The van der Waals surface area contributed by atoms with E-state index in [4.69, 9.17) is 21.4 Å². The SMILES string of the molecule is Cc1nc(-c2cccc(Cl)c2)sc1C(=O)N1CCOC(CC(=O)O)C1. The molecule has 8 heteroatoms. The molecule has 6 nitrogen and oxygen atoms in total. The number of hydrogen-bond donors (Lipinski definition) is 1. The van der Waals surface area contributed by atoms with Gasteiger partial charge in [-0.05, 0) is 19.1 Å². The maximum atomic E-state index is 12.8. The molecule has 0 bridgehead atoms. The molecular weight excluding hydrogens is 364 g/mol. The van der Waals surface area contributed by atoms with Gasteiger partial charge in [0.2, 0.25) is 0 Å². The van der Waals surface area contributed by atoms with Gasteiger partial charge < -0.3 is 14.7 Å². The third kappa shape index (κ3) is 4.18. The average Bonchev–Trinajstić information content (AvgIpc) is 2.96. The Balaban J connectivity index is 1.79. The van der Waals surface area contributed by atoms with E-state index in [-0.39, 0.29) is 18.9 Å². The molecule has 132 valence electrons. The van der Waals surface area contributed by atoms with Crippen molar-refractivity contribution < 1.29 is 19.4 Å². The van der Waals surface area contributed by atoms with Crippen molar-refractivity contribution in [3.05, 3.63) is 39.9 Å². The van der Waals surface area contributed by atoms with Gasteiger partial charge in [0.05, 0.1) is 24.8 Å². The number of morpholine rings is 1. The molecule has 1 atom stereocenters. The van der Waals surface area contributed by atoms with Crippen LogP contribution in [0.3, 0.4) is 0 Å². The molecule has 0 saturated carbocycles. The second-order valence-corrected chi connectivity index (χ2v) is 7.22. The zero-order chi connectivity index (χ0) is 18.0. The normalized spacial score (nSPS) is 17.5. The van der Waals surface area contributed by atoms with Crippen molar-refractivity contribution in [1.29, 1.82) is 0 Å². The van der Waals surface area contributed by atoms with Crippen molar-refractivity contribution in [3.63, 3.8) is 0 Å². The van der Waals surface area contributed by atoms with Gasteiger partial charge in [-0.3, -0.25) is 9.59 Å². The van der Waals surface area contributed by atoms with E-state index in [1.165, 1.54) is 11.3 Å². The molecular formula is C17H17ClN2O4S. The van der Waals surface area contributed by atoms with Gasteiger partial charge in [-0.1, -0.05) is 23.7 Å². The monoisotopic (exact) mass is 380 g/mol. The van der Waals surface area contributed by atoms with E-state index in [0.717, 1.165) is 10.6 Å². The highest BCUT2D eigenvalue weighted by atomic mass is 35.5. The van der Waals surface area contributed by atoms with Gasteiger partial charge in [0.15, 0.2) is 0 Å². The summed E-state index contributed by atoms with van der Waals surface area (Å²) in [6.07, 6.45) is -0.588. The van der Waals surface area contributed by atoms with E-state index in [1.54, 1.807) is 17.9 Å². The fourth-order valence-corrected chi connectivity index (χ4v) is 3.93. The van der Waals surface area contributed by atoms with Gasteiger partial charge in [0.25, 0.3) is 5.91 Å². The Labute approximate surface area is 154 Å². The third-order valence-corrected chi connectivity index (χ3v) is 5.32. The number of carbonyl (C=O) groups is 2. The number of carbonyl (C=O) groups excluding carboxylic acids is 1. The number of aromatic nitrogens is 1. The van der Waals surface area contributed by atoms with Crippen LogP contribution in [0.1, 0.15) is 21.8 Å². The summed E-state index contributed by atoms with van der Waals surface area (Å²) in [4.78, 5) is 30.4. The van der Waals surface area contributed by atoms with Crippen LogP contribution in [0.25, 0.3) is 10.6 Å². The van der Waals surface area contributed by atoms with E-state index in [2.05, 4.69) is 4.98 Å². The summed E-state index contributed by atoms with van der Waals surface area (Å²) >= 11 is 7.34. The summed E-state index contributed by atoms with van der Waals surface area (Å²) in [5.74, 6) is -1.07. The minimum atomic E-state index is -0.934. The summed E-state index contributed by atoms with van der Waals surface area (Å²) in [7, 11) is 0. The van der Waals surface area contributed by atoms with Crippen molar-refractivity contribution in [2.24, 2.45) is 0 Å². The van der Waals surface area contributed by atoms with Crippen LogP contribution in [-0.4, -0.2) is 52.7 Å². The maximum Gasteiger partial charge on any atom is 0.306 e. The molecule has 25 heavy (non-hydrogen) atoms. The van der Waals surface area contributed by atoms with Gasteiger partial charge in [-0.15, -0.1) is 11.3 Å². The van der Waals surface area contributed by atoms with Crippen LogP contribution in [-0.2, 0) is 9.53 Å². The second kappa shape index (κ2) is 7.51. The first-order valence-electron chi connectivity index (χ1n) is 7.80. The molecule has 1 unspecified atom stereocenters. The summed E-state index contributed by atoms with van der Waals surface area (Å²) in [5, 5.41) is 10.3. The van der Waals surface area contributed by atoms with Gasteiger partial charge in [0, 0.05) is 23.7 Å². The fraction of sp³-hybridized carbons (Fsp3) is 0.353. The van der Waals surface area contributed by atoms with E-state index in [1.807, 2.05) is 18.2 Å². The third-order valence-electron chi connectivity index (χ3n) is 3.89. The fourth-order valence-electron chi connectivity index (χ4n) is 2.71. The van der Waals surface area contributed by atoms with E-state index < -0.39 is 12.1 Å². The summed E-state index contributed by atoms with van der Waals surface area (Å²) < 4.78 is 5.42. The summed E-state index contributed by atoms with van der Waals surface area (Å²) in [6, 6.07) is 7.34. The molecule has 1 aromatic carbocycles. The first kappa shape index (κ1) is 17.8. The Morgan fingerprint density at radius 3 is 3.00 bits per heavy atom. The number of aryl methyl sites for hydroxylation is 1. The van der Waals surface area contributed by atoms with Crippen LogP contribution in [0, 0.1) is 6.92 Å². The highest BCUT2D eigenvalue weighted by Gasteiger charge is 2.29. The Morgan fingerprint density at radius 2 is 2.28 bits per heavy atom. The Kier molecular flexibility index (Phi) is 5.36. The number of ether oxygens (including phenoxy) is 1. The molecule has 0 aliphatic carbocycles. The highest BCUT2D eigenvalue weighted by Crippen LogP contribution is 2.30. The number of nitrogens with zero attached hydrogens (tertiary/aromatic N) is 2. The molecule has 1 fully saturated rings. The van der Waals surface area contributed by atoms with Gasteiger partial charge >= 0.3 is 5.97 Å². The molecule has 1 saturated heterocycles. The summed E-state index contributed by atoms with van der Waals surface area (Å²) in [6.45, 7) is 2.85. The van der Waals surface area contributed by atoms with E-state index >= 15 is 0 Å². The molecule has 2 aromatic rings. The van der Waals surface area contributed by atoms with E-state index in [0.29, 0.717) is 28.7 Å². The van der Waals surface area contributed by atoms with Crippen molar-refractivity contribution in [2.45, 2.75) is 19.4 Å². The van der Waals surface area contributed by atoms with Gasteiger partial charge in [-0.2, -0.15) is 0 Å². The number of carboxylic acid groups (broad SMARTS) is 1.